The van der Waals surface area contributed by atoms with E-state index < -0.39 is 0 Å². The molecule has 1 spiro atoms. The molecule has 5 aliphatic carbocycles. The molecule has 66 heavy (non-hydrogen) atoms. The summed E-state index contributed by atoms with van der Waals surface area (Å²) in [5.74, 6) is 5.18. The summed E-state index contributed by atoms with van der Waals surface area (Å²) in [6.45, 7) is 0. The van der Waals surface area contributed by atoms with Gasteiger partial charge in [-0.05, 0) is 153 Å². The Bertz CT molecular complexity index is 3260. The third kappa shape index (κ3) is 6.37. The van der Waals surface area contributed by atoms with Crippen molar-refractivity contribution < 1.29 is 0 Å². The van der Waals surface area contributed by atoms with Crippen molar-refractivity contribution in [1.29, 1.82) is 5.26 Å². The first-order valence-corrected chi connectivity index (χ1v) is 23.6. The maximum atomic E-state index is 9.30. The van der Waals surface area contributed by atoms with E-state index in [0.29, 0.717) is 34.9 Å². The first-order chi connectivity index (χ1) is 32.6. The fourth-order valence-corrected chi connectivity index (χ4v) is 12.8. The number of hydrogen-bond donors (Lipinski definition) is 0. The summed E-state index contributed by atoms with van der Waals surface area (Å²) in [5, 5.41) is 9.30. The van der Waals surface area contributed by atoms with E-state index in [9.17, 15) is 5.26 Å². The van der Waals surface area contributed by atoms with Gasteiger partial charge in [-0.1, -0.05) is 164 Å². The molecule has 1 aromatic heterocycles. The van der Waals surface area contributed by atoms with E-state index in [2.05, 4.69) is 115 Å². The Morgan fingerprint density at radius 1 is 0.348 bits per heavy atom. The highest BCUT2D eigenvalue weighted by Gasteiger charge is 2.61. The molecule has 4 bridgehead atoms. The predicted molar refractivity (Wildman–Crippen MR) is 266 cm³/mol. The third-order valence-corrected chi connectivity index (χ3v) is 15.6. The van der Waals surface area contributed by atoms with E-state index in [1.807, 2.05) is 84.9 Å². The average Bonchev–Trinajstić information content (AvgIpc) is 3.67. The number of aromatic nitrogens is 3. The molecular formula is C62H46N4. The lowest BCUT2D eigenvalue weighted by atomic mass is 9.43. The molecule has 4 nitrogen and oxygen atoms in total. The smallest absolute Gasteiger partial charge is 0.164 e. The van der Waals surface area contributed by atoms with Crippen LogP contribution in [0.3, 0.4) is 0 Å². The molecule has 5 aliphatic rings. The fraction of sp³-hybridized carbons (Fsp3) is 0.161. The lowest BCUT2D eigenvalue weighted by Crippen LogP contribution is -2.55. The summed E-state index contributed by atoms with van der Waals surface area (Å²) in [4.78, 5) is 14.9. The standard InChI is InChI=1S/C62H46N4/c63-38-39-14-16-42(17-15-39)43-18-20-45(21-19-43)50-26-28-57-55(36-50)56-37-51(27-29-58(56)62(57)53-31-40-30-41(33-53)34-54(62)32-40)46-24-22-44(23-25-46)49-12-7-13-52(35-49)61-65-59(47-8-3-1-4-9-47)64-60(66-61)48-10-5-2-6-11-48/h1-29,35-37,40-41,53-54H,30-34H2. The van der Waals surface area contributed by atoms with Crippen LogP contribution in [0.2, 0.25) is 0 Å². The first kappa shape index (κ1) is 38.7. The Balaban J connectivity index is 0.849. The summed E-state index contributed by atoms with van der Waals surface area (Å²) in [5.41, 5.74) is 19.1. The quantitative estimate of drug-likeness (QED) is 0.160. The van der Waals surface area contributed by atoms with Gasteiger partial charge in [0.2, 0.25) is 0 Å². The Labute approximate surface area is 386 Å². The molecule has 0 atom stereocenters. The zero-order valence-corrected chi connectivity index (χ0v) is 36.6. The van der Waals surface area contributed by atoms with Crippen molar-refractivity contribution in [1.82, 2.24) is 15.0 Å². The zero-order chi connectivity index (χ0) is 43.8. The highest BCUT2D eigenvalue weighted by molar-refractivity contribution is 5.89. The molecule has 1 heterocycles. The van der Waals surface area contributed by atoms with E-state index in [4.69, 9.17) is 15.0 Å². The minimum absolute atomic E-state index is 0.103. The van der Waals surface area contributed by atoms with Gasteiger partial charge in [-0.15, -0.1) is 0 Å². The van der Waals surface area contributed by atoms with Gasteiger partial charge in [-0.3, -0.25) is 0 Å². The van der Waals surface area contributed by atoms with Crippen LogP contribution in [0, 0.1) is 35.0 Å². The zero-order valence-electron chi connectivity index (χ0n) is 36.6. The number of fused-ring (bicyclic) bond motifs is 3. The molecule has 0 aliphatic heterocycles. The first-order valence-electron chi connectivity index (χ1n) is 23.6. The van der Waals surface area contributed by atoms with Gasteiger partial charge in [-0.2, -0.15) is 5.26 Å². The van der Waals surface area contributed by atoms with Gasteiger partial charge < -0.3 is 0 Å². The molecule has 4 heteroatoms. The van der Waals surface area contributed by atoms with E-state index in [-0.39, 0.29) is 5.41 Å². The molecule has 14 rings (SSSR count). The normalized spacial score (nSPS) is 20.8. The van der Waals surface area contributed by atoms with Crippen LogP contribution in [-0.4, -0.2) is 15.0 Å². The van der Waals surface area contributed by atoms with E-state index >= 15 is 0 Å². The van der Waals surface area contributed by atoms with Crippen LogP contribution in [0.1, 0.15) is 48.8 Å². The van der Waals surface area contributed by atoms with Crippen LogP contribution in [0.25, 0.3) is 89.8 Å². The summed E-state index contributed by atoms with van der Waals surface area (Å²) in [6.07, 6.45) is 6.91. The topological polar surface area (TPSA) is 62.5 Å². The molecule has 0 N–H and O–H groups in total. The SMILES string of the molecule is N#Cc1ccc(-c2ccc(-c3ccc4c(c3)-c3cc(-c5ccc(-c6cccc(-c7nc(-c8ccccc8)nc(-c8ccccc8)n7)c6)cc5)ccc3C43C4CC5CC(C4)CC3C5)cc2)cc1. The average molecular weight is 847 g/mol. The summed E-state index contributed by atoms with van der Waals surface area (Å²) in [7, 11) is 0. The Morgan fingerprint density at radius 2 is 0.712 bits per heavy atom. The number of hydrogen-bond acceptors (Lipinski definition) is 4. The molecule has 0 amide bonds. The second kappa shape index (κ2) is 15.5. The van der Waals surface area contributed by atoms with Gasteiger partial charge in [0.25, 0.3) is 0 Å². The van der Waals surface area contributed by atoms with Crippen molar-refractivity contribution in [2.24, 2.45) is 23.7 Å². The molecule has 0 unspecified atom stereocenters. The fourth-order valence-electron chi connectivity index (χ4n) is 12.8. The number of benzene rings is 8. The lowest BCUT2D eigenvalue weighted by Gasteiger charge is -2.61. The van der Waals surface area contributed by atoms with Crippen LogP contribution in [0.15, 0.2) is 194 Å². The van der Waals surface area contributed by atoms with Crippen molar-refractivity contribution in [3.8, 4) is 95.9 Å². The molecular weight excluding hydrogens is 801 g/mol. The molecule has 4 fully saturated rings. The van der Waals surface area contributed by atoms with Crippen LogP contribution in [-0.2, 0) is 5.41 Å². The highest BCUT2D eigenvalue weighted by atomic mass is 15.0. The summed E-state index contributed by atoms with van der Waals surface area (Å²) in [6, 6.07) is 71.8. The second-order valence-corrected chi connectivity index (χ2v) is 19.2. The largest absolute Gasteiger partial charge is 0.208 e. The second-order valence-electron chi connectivity index (χ2n) is 19.2. The molecule has 8 aromatic carbocycles. The van der Waals surface area contributed by atoms with Crippen molar-refractivity contribution in [3.63, 3.8) is 0 Å². The highest BCUT2D eigenvalue weighted by Crippen LogP contribution is 2.69. The number of rotatable bonds is 7. The molecule has 4 saturated carbocycles. The van der Waals surface area contributed by atoms with Crippen molar-refractivity contribution in [2.75, 3.05) is 0 Å². The van der Waals surface area contributed by atoms with Crippen LogP contribution < -0.4 is 0 Å². The van der Waals surface area contributed by atoms with Crippen LogP contribution >= 0.6 is 0 Å². The van der Waals surface area contributed by atoms with E-state index in [1.165, 1.54) is 65.5 Å². The van der Waals surface area contributed by atoms with Gasteiger partial charge >= 0.3 is 0 Å². The van der Waals surface area contributed by atoms with Gasteiger partial charge in [0.15, 0.2) is 17.5 Å². The van der Waals surface area contributed by atoms with E-state index in [0.717, 1.165) is 50.8 Å². The minimum atomic E-state index is 0.103. The molecule has 9 aromatic rings. The maximum absolute atomic E-state index is 9.30. The van der Waals surface area contributed by atoms with Gasteiger partial charge in [0.05, 0.1) is 11.6 Å². The number of nitriles is 1. The Kier molecular flexibility index (Phi) is 9.07. The van der Waals surface area contributed by atoms with Crippen molar-refractivity contribution >= 4 is 0 Å². The summed E-state index contributed by atoms with van der Waals surface area (Å²) < 4.78 is 0. The van der Waals surface area contributed by atoms with Crippen LogP contribution in [0.5, 0.6) is 0 Å². The summed E-state index contributed by atoms with van der Waals surface area (Å²) >= 11 is 0. The predicted octanol–water partition coefficient (Wildman–Crippen LogP) is 15.1. The number of nitrogens with zero attached hydrogens (tertiary/aromatic N) is 4. The van der Waals surface area contributed by atoms with Gasteiger partial charge in [0.1, 0.15) is 0 Å². The maximum Gasteiger partial charge on any atom is 0.164 e. The minimum Gasteiger partial charge on any atom is -0.208 e. The molecule has 314 valence electrons. The van der Waals surface area contributed by atoms with Gasteiger partial charge in [-0.25, -0.2) is 15.0 Å². The van der Waals surface area contributed by atoms with Crippen molar-refractivity contribution in [2.45, 2.75) is 37.5 Å². The lowest BCUT2D eigenvalue weighted by molar-refractivity contribution is -0.0399. The molecule has 0 saturated heterocycles. The third-order valence-electron chi connectivity index (χ3n) is 15.6. The monoisotopic (exact) mass is 846 g/mol. The Morgan fingerprint density at radius 3 is 1.17 bits per heavy atom. The van der Waals surface area contributed by atoms with Gasteiger partial charge in [0, 0.05) is 22.1 Å². The van der Waals surface area contributed by atoms with E-state index in [1.54, 1.807) is 11.1 Å². The Hall–Kier alpha value is -7.74. The molecule has 0 radical (unpaired) electrons. The van der Waals surface area contributed by atoms with Crippen LogP contribution in [0.4, 0.5) is 0 Å². The van der Waals surface area contributed by atoms with Crippen molar-refractivity contribution in [3.05, 3.63) is 211 Å².